The maximum atomic E-state index is 8.44. The molecule has 0 aliphatic heterocycles. The molecule has 1 heterocycles. The van der Waals surface area contributed by atoms with E-state index in [1.165, 1.54) is 0 Å². The van der Waals surface area contributed by atoms with Crippen molar-refractivity contribution >= 4 is 24.0 Å². The van der Waals surface area contributed by atoms with E-state index in [9.17, 15) is 0 Å². The Balaban J connectivity index is 0. The molecule has 1 aromatic rings. The molecular weight excluding hydrogens is 203 g/mol. The zero-order chi connectivity index (χ0) is 10.4. The number of carboxylic acid groups (broad SMARTS) is 2. The summed E-state index contributed by atoms with van der Waals surface area (Å²) >= 11 is 0. The van der Waals surface area contributed by atoms with Crippen LogP contribution in [0.5, 0.6) is 0 Å². The van der Waals surface area contributed by atoms with Gasteiger partial charge in [-0.15, -0.1) is 0 Å². The summed E-state index contributed by atoms with van der Waals surface area (Å²) < 4.78 is 0. The van der Waals surface area contributed by atoms with Crippen molar-refractivity contribution in [3.8, 4) is 0 Å². The summed E-state index contributed by atoms with van der Waals surface area (Å²) in [5.74, 6) is 0.125. The van der Waals surface area contributed by atoms with E-state index in [1.807, 2.05) is 0 Å². The Morgan fingerprint density at radius 1 is 1.07 bits per heavy atom. The number of aromatic nitrogens is 3. The monoisotopic (exact) mass is 210 g/mol. The summed E-state index contributed by atoms with van der Waals surface area (Å²) in [6, 6.07) is 0. The van der Waals surface area contributed by atoms with Gasteiger partial charge in [0, 0.05) is 0 Å². The molecule has 10 heteroatoms. The van der Waals surface area contributed by atoms with E-state index in [0.29, 0.717) is 0 Å². The van der Waals surface area contributed by atoms with Crippen LogP contribution in [0.1, 0.15) is 0 Å². The zero-order valence-electron chi connectivity index (χ0n) is 7.34. The van der Waals surface area contributed by atoms with E-state index in [2.05, 4.69) is 15.0 Å². The predicted molar refractivity (Wildman–Crippen MR) is 41.1 cm³/mol. The molecule has 1 aromatic heterocycles. The normalized spacial score (nSPS) is 7.71. The molecule has 0 aliphatic rings. The smallest absolute Gasteiger partial charge is 0.565 e. The Hall–Kier alpha value is -1.32. The molecule has 14 heavy (non-hydrogen) atoms. The minimum Gasteiger partial charge on any atom is -0.565 e. The van der Waals surface area contributed by atoms with Crippen LogP contribution in [0.2, 0.25) is 0 Å². The minimum atomic E-state index is -2.08. The van der Waals surface area contributed by atoms with Gasteiger partial charge in [0.2, 0.25) is 24.0 Å². The van der Waals surface area contributed by atoms with Gasteiger partial charge in [0.05, 0.1) is 0 Å². The molecule has 0 unspecified atom stereocenters. The predicted octanol–water partition coefficient (Wildman–Crippen LogP) is -5.49. The fourth-order valence-electron chi connectivity index (χ4n) is 0.427. The second-order valence-corrected chi connectivity index (χ2v) is 1.68. The van der Waals surface area contributed by atoms with Crippen LogP contribution in [0.3, 0.4) is 0 Å². The Kier molecular flexibility index (Phi) is 7.71. The van der Waals surface area contributed by atoms with Gasteiger partial charge in [0.1, 0.15) is 0 Å². The molecule has 9 nitrogen and oxygen atoms in total. The van der Waals surface area contributed by atoms with Gasteiger partial charge in [-0.05, 0) is 0 Å². The van der Waals surface area contributed by atoms with Crippen LogP contribution in [0.25, 0.3) is 0 Å². The minimum absolute atomic E-state index is 0. The van der Waals surface area contributed by atoms with Gasteiger partial charge >= 0.3 is 29.6 Å². The molecule has 7 N–H and O–H groups in total. The third-order valence-electron chi connectivity index (χ3n) is 0.687. The van der Waals surface area contributed by atoms with E-state index in [0.717, 1.165) is 0 Å². The van der Waals surface area contributed by atoms with Gasteiger partial charge in [-0.25, -0.2) is 0 Å². The fraction of sp³-hybridized carbons (Fsp3) is 0. The molecule has 0 aromatic carbocycles. The van der Waals surface area contributed by atoms with Crippen LogP contribution < -0.4 is 51.9 Å². The van der Waals surface area contributed by atoms with E-state index >= 15 is 0 Å². The number of nitrogen functional groups attached to an aromatic ring is 3. The number of carbonyl (C=O) groups is 1. The second-order valence-electron chi connectivity index (χ2n) is 1.68. The summed E-state index contributed by atoms with van der Waals surface area (Å²) in [6.07, 6.45) is -2.08. The fourth-order valence-corrected chi connectivity index (χ4v) is 0.427. The van der Waals surface area contributed by atoms with Gasteiger partial charge < -0.3 is 32.2 Å². The molecule has 0 radical (unpaired) electrons. The average molecular weight is 210 g/mol. The first kappa shape index (κ1) is 15.2. The number of nitrogens with two attached hydrogens (primary N) is 3. The van der Waals surface area contributed by atoms with E-state index in [-0.39, 0.29) is 47.4 Å². The largest absolute Gasteiger partial charge is 1.00 e. The van der Waals surface area contributed by atoms with Gasteiger partial charge in [-0.1, -0.05) is 0 Å². The van der Waals surface area contributed by atoms with Crippen LogP contribution in [0, 0.1) is 0 Å². The topological polar surface area (TPSA) is 177 Å². The van der Waals surface area contributed by atoms with E-state index in [4.69, 9.17) is 32.2 Å². The molecule has 0 fully saturated rings. The third-order valence-corrected chi connectivity index (χ3v) is 0.687. The van der Waals surface area contributed by atoms with Gasteiger partial charge in [0.25, 0.3) is 0 Å². The number of anilines is 3. The van der Waals surface area contributed by atoms with Crippen LogP contribution in [0.4, 0.5) is 22.6 Å². The molecule has 0 amide bonds. The van der Waals surface area contributed by atoms with Crippen molar-refractivity contribution in [2.75, 3.05) is 17.2 Å². The summed E-state index contributed by atoms with van der Waals surface area (Å²) in [6.45, 7) is 0. The van der Waals surface area contributed by atoms with Crippen molar-refractivity contribution in [2.24, 2.45) is 0 Å². The van der Waals surface area contributed by atoms with Crippen LogP contribution in [-0.2, 0) is 0 Å². The van der Waals surface area contributed by atoms with Crippen molar-refractivity contribution < 1.29 is 44.6 Å². The summed E-state index contributed by atoms with van der Waals surface area (Å²) in [5, 5.41) is 15.3. The van der Waals surface area contributed by atoms with Crippen molar-refractivity contribution in [1.82, 2.24) is 15.0 Å². The second kappa shape index (κ2) is 7.12. The molecule has 0 saturated heterocycles. The number of rotatable bonds is 0. The molecule has 72 valence electrons. The maximum Gasteiger partial charge on any atom is 1.00 e. The van der Waals surface area contributed by atoms with Crippen molar-refractivity contribution in [1.29, 1.82) is 0 Å². The van der Waals surface area contributed by atoms with Gasteiger partial charge in [0.15, 0.2) is 0 Å². The Morgan fingerprint density at radius 3 is 1.36 bits per heavy atom. The summed E-state index contributed by atoms with van der Waals surface area (Å²) in [4.78, 5) is 18.9. The van der Waals surface area contributed by atoms with Crippen molar-refractivity contribution in [3.05, 3.63) is 0 Å². The molecule has 1 rings (SSSR count). The maximum absolute atomic E-state index is 8.44. The molecule has 0 spiro atoms. The zero-order valence-corrected chi connectivity index (χ0v) is 9.34. The number of nitrogens with zero attached hydrogens (tertiary/aromatic N) is 3. The van der Waals surface area contributed by atoms with Gasteiger partial charge in [-0.2, -0.15) is 15.0 Å². The number of hydrogen-bond donors (Lipinski definition) is 4. The Morgan fingerprint density at radius 2 is 1.21 bits per heavy atom. The van der Waals surface area contributed by atoms with Crippen LogP contribution in [0.15, 0.2) is 0 Å². The van der Waals surface area contributed by atoms with Crippen LogP contribution in [-0.4, -0.2) is 26.2 Å². The van der Waals surface area contributed by atoms with E-state index < -0.39 is 6.16 Å². The summed E-state index contributed by atoms with van der Waals surface area (Å²) in [5.41, 5.74) is 15.4. The molecule has 0 saturated carbocycles. The van der Waals surface area contributed by atoms with Crippen molar-refractivity contribution in [3.63, 3.8) is 0 Å². The quantitative estimate of drug-likeness (QED) is 0.304. The van der Waals surface area contributed by atoms with Gasteiger partial charge in [-0.3, -0.25) is 0 Å². The van der Waals surface area contributed by atoms with Crippen molar-refractivity contribution in [2.45, 2.75) is 0 Å². The summed E-state index contributed by atoms with van der Waals surface area (Å²) in [7, 11) is 0. The van der Waals surface area contributed by atoms with Crippen LogP contribution >= 0.6 is 0 Å². The Labute approximate surface area is 101 Å². The first-order valence-corrected chi connectivity index (χ1v) is 2.84. The first-order chi connectivity index (χ1) is 5.91. The standard InChI is InChI=1S/C3H6N6.CH2O3.Na/c4-1-7-2(5)9-3(6)8-1;2-1(3)4;/h(H6,4,5,6,7,8,9);(H2,2,3,4);/q;;+1/p-1. The molecule has 0 aliphatic carbocycles. The Bertz CT molecular complexity index is 253. The molecule has 0 atom stereocenters. The van der Waals surface area contributed by atoms with E-state index in [1.54, 1.807) is 0 Å². The average Bonchev–Trinajstić information content (AvgIpc) is 1.80. The molecule has 0 bridgehead atoms. The number of hydrogen-bond acceptors (Lipinski definition) is 8. The molecular formula is C4H7N6NaO3. The third kappa shape index (κ3) is 8.77. The first-order valence-electron chi connectivity index (χ1n) is 2.84. The SMILES string of the molecule is Nc1nc(N)nc(N)n1.O=C([O-])O.[Na+].